The largest absolute Gasteiger partial charge is 0.417 e. The second kappa shape index (κ2) is 7.81. The van der Waals surface area contributed by atoms with Crippen LogP contribution in [0.3, 0.4) is 0 Å². The van der Waals surface area contributed by atoms with Gasteiger partial charge in [0, 0.05) is 51.7 Å². The zero-order valence-electron chi connectivity index (χ0n) is 15.6. The Morgan fingerprint density at radius 3 is 2.00 bits per heavy atom. The van der Waals surface area contributed by atoms with E-state index < -0.39 is 11.7 Å². The zero-order valence-corrected chi connectivity index (χ0v) is 15.6. The van der Waals surface area contributed by atoms with Gasteiger partial charge in [0.15, 0.2) is 0 Å². The quantitative estimate of drug-likeness (QED) is 0.800. The summed E-state index contributed by atoms with van der Waals surface area (Å²) in [6, 6.07) is 4.45. The van der Waals surface area contributed by atoms with Crippen LogP contribution in [-0.4, -0.2) is 54.2 Å². The van der Waals surface area contributed by atoms with E-state index in [1.54, 1.807) is 6.20 Å². The molecule has 0 aromatic carbocycles. The Morgan fingerprint density at radius 1 is 0.714 bits per heavy atom. The molecular formula is C19H23F3N6. The summed E-state index contributed by atoms with van der Waals surface area (Å²) in [6.07, 6.45) is 1.95. The molecule has 28 heavy (non-hydrogen) atoms. The van der Waals surface area contributed by atoms with E-state index in [1.165, 1.54) is 25.3 Å². The fourth-order valence-electron chi connectivity index (χ4n) is 3.67. The molecule has 4 heterocycles. The number of halogens is 3. The molecule has 2 aliphatic rings. The fourth-order valence-corrected chi connectivity index (χ4v) is 3.67. The predicted octanol–water partition coefficient (Wildman–Crippen LogP) is 3.21. The molecule has 0 atom stereocenters. The maximum Gasteiger partial charge on any atom is 0.417 e. The Bertz CT molecular complexity index is 781. The van der Waals surface area contributed by atoms with Crippen molar-refractivity contribution in [2.24, 2.45) is 0 Å². The lowest BCUT2D eigenvalue weighted by Gasteiger charge is -2.36. The van der Waals surface area contributed by atoms with Crippen LogP contribution >= 0.6 is 0 Å². The molecule has 0 bridgehead atoms. The van der Waals surface area contributed by atoms with E-state index in [0.717, 1.165) is 50.2 Å². The summed E-state index contributed by atoms with van der Waals surface area (Å²) in [5.41, 5.74) is -0.721. The van der Waals surface area contributed by atoms with Gasteiger partial charge in [0.05, 0.1) is 5.56 Å². The second-order valence-corrected chi connectivity index (χ2v) is 7.14. The summed E-state index contributed by atoms with van der Waals surface area (Å²) in [5, 5.41) is 0. The third-order valence-corrected chi connectivity index (χ3v) is 5.27. The molecule has 9 heteroatoms. The molecule has 2 fully saturated rings. The van der Waals surface area contributed by atoms with Crippen LogP contribution in [0.5, 0.6) is 0 Å². The van der Waals surface area contributed by atoms with Gasteiger partial charge in [-0.15, -0.1) is 0 Å². The number of piperazine rings is 1. The van der Waals surface area contributed by atoms with Gasteiger partial charge in [0.25, 0.3) is 0 Å². The predicted molar refractivity (Wildman–Crippen MR) is 102 cm³/mol. The summed E-state index contributed by atoms with van der Waals surface area (Å²) < 4.78 is 38.1. The fraction of sp³-hybridized carbons (Fsp3) is 0.526. The molecule has 0 unspecified atom stereocenters. The Kier molecular flexibility index (Phi) is 5.23. The molecule has 6 nitrogen and oxygen atoms in total. The molecule has 2 aromatic heterocycles. The van der Waals surface area contributed by atoms with Gasteiger partial charge in [-0.25, -0.2) is 9.97 Å². The Morgan fingerprint density at radius 2 is 1.39 bits per heavy atom. The highest BCUT2D eigenvalue weighted by Crippen LogP contribution is 2.29. The number of hydrogen-bond donors (Lipinski definition) is 0. The maximum atomic E-state index is 12.7. The number of rotatable bonds is 3. The highest BCUT2D eigenvalue weighted by molar-refractivity contribution is 5.47. The third kappa shape index (κ3) is 4.13. The van der Waals surface area contributed by atoms with Crippen LogP contribution in [0.1, 0.15) is 24.8 Å². The number of alkyl halides is 3. The molecule has 0 aliphatic carbocycles. The monoisotopic (exact) mass is 392 g/mol. The summed E-state index contributed by atoms with van der Waals surface area (Å²) in [4.78, 5) is 19.6. The van der Waals surface area contributed by atoms with Gasteiger partial charge in [-0.1, -0.05) is 0 Å². The van der Waals surface area contributed by atoms with Crippen molar-refractivity contribution in [3.8, 4) is 0 Å². The van der Waals surface area contributed by atoms with Gasteiger partial charge in [-0.2, -0.15) is 18.2 Å². The van der Waals surface area contributed by atoms with Crippen molar-refractivity contribution < 1.29 is 13.2 Å². The third-order valence-electron chi connectivity index (χ3n) is 5.27. The molecule has 0 amide bonds. The molecule has 2 aliphatic heterocycles. The number of pyridine rings is 1. The minimum atomic E-state index is -4.36. The van der Waals surface area contributed by atoms with Crippen LogP contribution in [0, 0.1) is 0 Å². The second-order valence-electron chi connectivity index (χ2n) is 7.14. The van der Waals surface area contributed by atoms with E-state index >= 15 is 0 Å². The lowest BCUT2D eigenvalue weighted by molar-refractivity contribution is -0.137. The molecule has 0 spiro atoms. The summed E-state index contributed by atoms with van der Waals surface area (Å²) in [7, 11) is 0. The van der Waals surface area contributed by atoms with E-state index in [1.807, 2.05) is 11.0 Å². The molecule has 0 N–H and O–H groups in total. The van der Waals surface area contributed by atoms with Crippen molar-refractivity contribution in [2.45, 2.75) is 25.4 Å². The Labute approximate surface area is 162 Å². The van der Waals surface area contributed by atoms with Gasteiger partial charge in [0.2, 0.25) is 5.95 Å². The van der Waals surface area contributed by atoms with E-state index in [0.29, 0.717) is 18.9 Å². The number of nitrogens with zero attached hydrogens (tertiary/aromatic N) is 6. The highest BCUT2D eigenvalue weighted by atomic mass is 19.4. The lowest BCUT2D eigenvalue weighted by Crippen LogP contribution is -2.47. The van der Waals surface area contributed by atoms with E-state index in [9.17, 15) is 13.2 Å². The normalized spacial score (nSPS) is 18.5. The topological polar surface area (TPSA) is 48.4 Å². The molecule has 0 radical (unpaired) electrons. The number of piperidine rings is 1. The van der Waals surface area contributed by atoms with Crippen molar-refractivity contribution in [1.29, 1.82) is 0 Å². The molecule has 150 valence electrons. The first-order chi connectivity index (χ1) is 13.5. The van der Waals surface area contributed by atoms with Gasteiger partial charge in [-0.05, 0) is 37.5 Å². The zero-order chi connectivity index (χ0) is 19.6. The van der Waals surface area contributed by atoms with Crippen LogP contribution < -0.4 is 14.7 Å². The summed E-state index contributed by atoms with van der Waals surface area (Å²) in [5.74, 6) is 2.25. The van der Waals surface area contributed by atoms with Crippen molar-refractivity contribution in [3.63, 3.8) is 0 Å². The Balaban J connectivity index is 1.39. The van der Waals surface area contributed by atoms with E-state index in [-0.39, 0.29) is 0 Å². The maximum absolute atomic E-state index is 12.7. The van der Waals surface area contributed by atoms with Gasteiger partial charge >= 0.3 is 6.18 Å². The van der Waals surface area contributed by atoms with Crippen LogP contribution in [0.25, 0.3) is 0 Å². The number of hydrogen-bond acceptors (Lipinski definition) is 6. The number of anilines is 3. The smallest absolute Gasteiger partial charge is 0.353 e. The van der Waals surface area contributed by atoms with E-state index in [2.05, 4.69) is 19.8 Å². The first-order valence-electron chi connectivity index (χ1n) is 9.62. The van der Waals surface area contributed by atoms with Crippen molar-refractivity contribution >= 4 is 17.6 Å². The van der Waals surface area contributed by atoms with Crippen molar-refractivity contribution in [2.75, 3.05) is 54.0 Å². The van der Waals surface area contributed by atoms with Crippen LogP contribution in [0.15, 0.2) is 30.6 Å². The SMILES string of the molecule is FC(F)(F)c1ccc(N2CCN(c3ccnc(N4CCCCC4)n3)CC2)nc1. The first-order valence-corrected chi connectivity index (χ1v) is 9.62. The minimum Gasteiger partial charge on any atom is -0.353 e. The average molecular weight is 392 g/mol. The highest BCUT2D eigenvalue weighted by Gasteiger charge is 2.31. The average Bonchev–Trinajstić information content (AvgIpc) is 2.74. The molecule has 2 aromatic rings. The molecule has 4 rings (SSSR count). The van der Waals surface area contributed by atoms with Crippen molar-refractivity contribution in [3.05, 3.63) is 36.2 Å². The van der Waals surface area contributed by atoms with Crippen LogP contribution in [0.4, 0.5) is 30.8 Å². The van der Waals surface area contributed by atoms with Crippen molar-refractivity contribution in [1.82, 2.24) is 15.0 Å². The summed E-state index contributed by atoms with van der Waals surface area (Å²) >= 11 is 0. The van der Waals surface area contributed by atoms with E-state index in [4.69, 9.17) is 4.98 Å². The molecule has 2 saturated heterocycles. The minimum absolute atomic E-state index is 0.573. The number of aromatic nitrogens is 3. The van der Waals surface area contributed by atoms with Crippen LogP contribution in [0.2, 0.25) is 0 Å². The van der Waals surface area contributed by atoms with Gasteiger partial charge in [-0.3, -0.25) is 0 Å². The van der Waals surface area contributed by atoms with Crippen LogP contribution in [-0.2, 0) is 6.18 Å². The Hall–Kier alpha value is -2.58. The van der Waals surface area contributed by atoms with Gasteiger partial charge < -0.3 is 14.7 Å². The lowest BCUT2D eigenvalue weighted by atomic mass is 10.1. The summed E-state index contributed by atoms with van der Waals surface area (Å²) in [6.45, 7) is 4.83. The molecule has 0 saturated carbocycles. The van der Waals surface area contributed by atoms with Gasteiger partial charge in [0.1, 0.15) is 11.6 Å². The first kappa shape index (κ1) is 18.8. The standard InChI is InChI=1S/C19H23F3N6/c20-19(21,22)15-4-5-16(24-14-15)26-10-12-27(13-11-26)17-6-7-23-18(25-17)28-8-2-1-3-9-28/h4-7,14H,1-3,8-13H2. The molecular weight excluding hydrogens is 369 g/mol.